The molecular formula is C6H17N2O3+. The first-order chi connectivity index (χ1) is 5.35. The highest BCUT2D eigenvalue weighted by Crippen LogP contribution is 1.50. The van der Waals surface area contributed by atoms with Gasteiger partial charge in [-0.2, -0.15) is 5.43 Å². The van der Waals surface area contributed by atoms with Crippen molar-refractivity contribution in [2.24, 2.45) is 0 Å². The Labute approximate surface area is 66.2 Å². The highest BCUT2D eigenvalue weighted by atomic mass is 16.3. The molecule has 5 heteroatoms. The Morgan fingerprint density at radius 1 is 0.909 bits per heavy atom. The first-order valence-electron chi connectivity index (χ1n) is 3.76. The van der Waals surface area contributed by atoms with Crippen LogP contribution in [0.5, 0.6) is 0 Å². The second-order valence-electron chi connectivity index (χ2n) is 2.20. The van der Waals surface area contributed by atoms with Gasteiger partial charge in [-0.25, -0.2) is 0 Å². The molecule has 0 fully saturated rings. The Kier molecular flexibility index (Phi) is 7.76. The fourth-order valence-electron chi connectivity index (χ4n) is 0.804. The molecule has 0 rings (SSSR count). The predicted molar refractivity (Wildman–Crippen MR) is 40.0 cm³/mol. The molecule has 5 nitrogen and oxygen atoms in total. The van der Waals surface area contributed by atoms with E-state index < -0.39 is 0 Å². The van der Waals surface area contributed by atoms with Crippen LogP contribution in [0.25, 0.3) is 0 Å². The van der Waals surface area contributed by atoms with Gasteiger partial charge in [-0.15, -0.1) is 0 Å². The smallest absolute Gasteiger partial charge is 0.118 e. The summed E-state index contributed by atoms with van der Waals surface area (Å²) in [6, 6.07) is 0. The standard InChI is InChI=1S/C6H16N2O3/c9-4-1-7-8(2-5-10)3-6-11/h7,9-11H,1-6H2/p+1. The lowest BCUT2D eigenvalue weighted by Gasteiger charge is -2.16. The highest BCUT2D eigenvalue weighted by Gasteiger charge is 2.04. The van der Waals surface area contributed by atoms with Gasteiger partial charge in [-0.05, 0) is 0 Å². The van der Waals surface area contributed by atoms with Crippen LogP contribution in [0.15, 0.2) is 0 Å². The summed E-state index contributed by atoms with van der Waals surface area (Å²) in [7, 11) is 0. The lowest BCUT2D eigenvalue weighted by atomic mass is 10.6. The normalized spacial score (nSPS) is 10.9. The number of nitrogens with one attached hydrogen (secondary N) is 2. The number of aliphatic hydroxyl groups excluding tert-OH is 3. The van der Waals surface area contributed by atoms with E-state index >= 15 is 0 Å². The third-order valence-corrected chi connectivity index (χ3v) is 1.31. The Hall–Kier alpha value is -0.200. The van der Waals surface area contributed by atoms with Crippen LogP contribution in [0, 0.1) is 0 Å². The molecule has 5 N–H and O–H groups in total. The maximum atomic E-state index is 8.56. The molecule has 0 aromatic rings. The average molecular weight is 165 g/mol. The zero-order chi connectivity index (χ0) is 8.53. The number of hydrogen-bond acceptors (Lipinski definition) is 4. The summed E-state index contributed by atoms with van der Waals surface area (Å²) >= 11 is 0. The molecule has 0 unspecified atom stereocenters. The molecule has 0 radical (unpaired) electrons. The van der Waals surface area contributed by atoms with Gasteiger partial charge in [0.05, 0.1) is 26.4 Å². The van der Waals surface area contributed by atoms with Crippen molar-refractivity contribution in [3.63, 3.8) is 0 Å². The van der Waals surface area contributed by atoms with Crippen molar-refractivity contribution in [1.29, 1.82) is 0 Å². The summed E-state index contributed by atoms with van der Waals surface area (Å²) in [5.74, 6) is 0. The molecule has 0 aliphatic heterocycles. The van der Waals surface area contributed by atoms with Gasteiger partial charge in [0.15, 0.2) is 0 Å². The van der Waals surface area contributed by atoms with Crippen LogP contribution in [-0.4, -0.2) is 54.8 Å². The predicted octanol–water partition coefficient (Wildman–Crippen LogP) is -3.65. The summed E-state index contributed by atoms with van der Waals surface area (Å²) in [5, 5.41) is 26.5. The summed E-state index contributed by atoms with van der Waals surface area (Å²) in [6.07, 6.45) is 0. The molecule has 0 spiro atoms. The van der Waals surface area contributed by atoms with Crippen LogP contribution in [0.4, 0.5) is 0 Å². The van der Waals surface area contributed by atoms with E-state index in [1.54, 1.807) is 0 Å². The van der Waals surface area contributed by atoms with Crippen LogP contribution in [0.3, 0.4) is 0 Å². The van der Waals surface area contributed by atoms with Gasteiger partial charge in [0.1, 0.15) is 13.1 Å². The summed E-state index contributed by atoms with van der Waals surface area (Å²) in [4.78, 5) is 0. The van der Waals surface area contributed by atoms with Crippen molar-refractivity contribution < 1.29 is 20.3 Å². The van der Waals surface area contributed by atoms with E-state index in [1.807, 2.05) is 0 Å². The zero-order valence-corrected chi connectivity index (χ0v) is 6.58. The first-order valence-corrected chi connectivity index (χ1v) is 3.76. The third-order valence-electron chi connectivity index (χ3n) is 1.31. The molecule has 0 aromatic carbocycles. The summed E-state index contributed by atoms with van der Waals surface area (Å²) < 4.78 is 0. The van der Waals surface area contributed by atoms with Gasteiger partial charge in [0.25, 0.3) is 0 Å². The second kappa shape index (κ2) is 7.90. The molecule has 0 atom stereocenters. The van der Waals surface area contributed by atoms with Crippen molar-refractivity contribution in [3.05, 3.63) is 0 Å². The van der Waals surface area contributed by atoms with E-state index in [0.29, 0.717) is 19.6 Å². The monoisotopic (exact) mass is 165 g/mol. The summed E-state index contributed by atoms with van der Waals surface area (Å²) in [5.41, 5.74) is 2.92. The number of rotatable bonds is 7. The van der Waals surface area contributed by atoms with Crippen LogP contribution >= 0.6 is 0 Å². The minimum atomic E-state index is 0.0698. The molecule has 0 aliphatic rings. The fourth-order valence-corrected chi connectivity index (χ4v) is 0.804. The molecule has 0 aromatic heterocycles. The van der Waals surface area contributed by atoms with Gasteiger partial charge in [0, 0.05) is 0 Å². The topological polar surface area (TPSA) is 77.2 Å². The first kappa shape index (κ1) is 10.8. The molecule has 68 valence electrons. The third kappa shape index (κ3) is 6.21. The van der Waals surface area contributed by atoms with E-state index in [0.717, 1.165) is 5.01 Å². The molecule has 0 amide bonds. The highest BCUT2D eigenvalue weighted by molar-refractivity contribution is 4.28. The van der Waals surface area contributed by atoms with E-state index in [4.69, 9.17) is 15.3 Å². The van der Waals surface area contributed by atoms with Crippen LogP contribution in [-0.2, 0) is 0 Å². The van der Waals surface area contributed by atoms with Crippen molar-refractivity contribution in [2.45, 2.75) is 0 Å². The lowest BCUT2D eigenvalue weighted by Crippen LogP contribution is -3.19. The van der Waals surface area contributed by atoms with Crippen LogP contribution < -0.4 is 10.4 Å². The quantitative estimate of drug-likeness (QED) is 0.252. The number of quaternary nitrogens is 1. The van der Waals surface area contributed by atoms with Crippen LogP contribution in [0.1, 0.15) is 0 Å². The van der Waals surface area contributed by atoms with E-state index in [1.165, 1.54) is 0 Å². The van der Waals surface area contributed by atoms with Gasteiger partial charge in [-0.1, -0.05) is 0 Å². The minimum absolute atomic E-state index is 0.0698. The fraction of sp³-hybridized carbons (Fsp3) is 1.00. The van der Waals surface area contributed by atoms with Crippen LogP contribution in [0.2, 0.25) is 0 Å². The molecule has 11 heavy (non-hydrogen) atoms. The maximum absolute atomic E-state index is 8.56. The van der Waals surface area contributed by atoms with Gasteiger partial charge >= 0.3 is 0 Å². The van der Waals surface area contributed by atoms with Crippen molar-refractivity contribution in [2.75, 3.05) is 39.5 Å². The van der Waals surface area contributed by atoms with Gasteiger partial charge < -0.3 is 15.3 Å². The Bertz CT molecular complexity index is 76.2. The lowest BCUT2D eigenvalue weighted by molar-refractivity contribution is -0.945. The molecule has 0 saturated heterocycles. The van der Waals surface area contributed by atoms with E-state index in [2.05, 4.69) is 5.43 Å². The second-order valence-corrected chi connectivity index (χ2v) is 2.20. The maximum Gasteiger partial charge on any atom is 0.118 e. The average Bonchev–Trinajstić information content (AvgIpc) is 2.01. The molecule has 0 aliphatic carbocycles. The SMILES string of the molecule is OCCN[NH+](CCO)CCO. The Balaban J connectivity index is 3.34. The molecule has 0 saturated carbocycles. The van der Waals surface area contributed by atoms with Gasteiger partial charge in [0.2, 0.25) is 0 Å². The zero-order valence-electron chi connectivity index (χ0n) is 6.58. The van der Waals surface area contributed by atoms with E-state index in [-0.39, 0.29) is 19.8 Å². The minimum Gasteiger partial charge on any atom is -0.395 e. The Morgan fingerprint density at radius 2 is 1.45 bits per heavy atom. The Morgan fingerprint density at radius 3 is 1.82 bits per heavy atom. The van der Waals surface area contributed by atoms with E-state index in [9.17, 15) is 0 Å². The molecule has 0 heterocycles. The van der Waals surface area contributed by atoms with Gasteiger partial charge in [-0.3, -0.25) is 5.01 Å². The summed E-state index contributed by atoms with van der Waals surface area (Å²) in [6.45, 7) is 1.79. The molecule has 0 bridgehead atoms. The van der Waals surface area contributed by atoms with Crippen molar-refractivity contribution in [1.82, 2.24) is 5.43 Å². The largest absolute Gasteiger partial charge is 0.395 e. The van der Waals surface area contributed by atoms with Crippen molar-refractivity contribution in [3.8, 4) is 0 Å². The number of hydrogen-bond donors (Lipinski definition) is 5. The number of aliphatic hydroxyl groups is 3. The van der Waals surface area contributed by atoms with Crippen molar-refractivity contribution >= 4 is 0 Å². The molecular weight excluding hydrogens is 148 g/mol.